The molecule has 1 unspecified atom stereocenters. The van der Waals surface area contributed by atoms with E-state index < -0.39 is 0 Å². The van der Waals surface area contributed by atoms with E-state index in [4.69, 9.17) is 0 Å². The largest absolute Gasteiger partial charge is 0.300 e. The van der Waals surface area contributed by atoms with Crippen molar-refractivity contribution < 1.29 is 4.79 Å². The van der Waals surface area contributed by atoms with E-state index in [-0.39, 0.29) is 0 Å². The Morgan fingerprint density at radius 1 is 1.38 bits per heavy atom. The molecule has 0 aromatic heterocycles. The average Bonchev–Trinajstić information content (AvgIpc) is 2.72. The molecule has 0 amide bonds. The first-order valence-electron chi connectivity index (χ1n) is 6.91. The Balaban J connectivity index is 1.95. The normalized spacial score (nSPS) is 30.9. The number of rotatable bonds is 3. The Morgan fingerprint density at radius 2 is 2.06 bits per heavy atom. The molecule has 0 aromatic carbocycles. The van der Waals surface area contributed by atoms with E-state index in [0.717, 1.165) is 19.4 Å². The van der Waals surface area contributed by atoms with Gasteiger partial charge in [0, 0.05) is 32.0 Å². The second-order valence-corrected chi connectivity index (χ2v) is 5.87. The molecule has 1 aliphatic carbocycles. The first-order chi connectivity index (χ1) is 7.65. The highest BCUT2D eigenvalue weighted by molar-refractivity contribution is 5.79. The fourth-order valence-corrected chi connectivity index (χ4v) is 3.46. The molecule has 16 heavy (non-hydrogen) atoms. The number of hydrogen-bond acceptors (Lipinski definition) is 2. The maximum atomic E-state index is 11.4. The maximum absolute atomic E-state index is 11.4. The van der Waals surface area contributed by atoms with E-state index in [0.29, 0.717) is 17.2 Å². The van der Waals surface area contributed by atoms with Crippen molar-refractivity contribution in [1.82, 2.24) is 4.90 Å². The molecule has 1 saturated heterocycles. The minimum atomic E-state index is 0.459. The molecular weight excluding hydrogens is 198 g/mol. The molecule has 2 nitrogen and oxygen atoms in total. The molecule has 0 bridgehead atoms. The molecule has 0 N–H and O–H groups in total. The molecule has 92 valence electrons. The predicted molar refractivity (Wildman–Crippen MR) is 66.5 cm³/mol. The Labute approximate surface area is 99.4 Å². The van der Waals surface area contributed by atoms with E-state index >= 15 is 0 Å². The zero-order chi connectivity index (χ0) is 11.6. The van der Waals surface area contributed by atoms with Gasteiger partial charge in [-0.3, -0.25) is 9.69 Å². The van der Waals surface area contributed by atoms with Crippen molar-refractivity contribution >= 4 is 5.78 Å². The van der Waals surface area contributed by atoms with Gasteiger partial charge in [-0.05, 0) is 31.6 Å². The van der Waals surface area contributed by atoms with E-state index in [1.165, 1.54) is 38.6 Å². The van der Waals surface area contributed by atoms with Crippen LogP contribution < -0.4 is 0 Å². The third kappa shape index (κ3) is 2.48. The summed E-state index contributed by atoms with van der Waals surface area (Å²) in [4.78, 5) is 13.9. The van der Waals surface area contributed by atoms with Crippen LogP contribution in [-0.4, -0.2) is 29.8 Å². The summed E-state index contributed by atoms with van der Waals surface area (Å²) < 4.78 is 0. The van der Waals surface area contributed by atoms with Gasteiger partial charge in [-0.2, -0.15) is 0 Å². The minimum Gasteiger partial charge on any atom is -0.300 e. The smallest absolute Gasteiger partial charge is 0.135 e. The lowest BCUT2D eigenvalue weighted by molar-refractivity contribution is -0.123. The van der Waals surface area contributed by atoms with Crippen molar-refractivity contribution in [1.29, 1.82) is 0 Å². The molecule has 2 fully saturated rings. The molecule has 0 spiro atoms. The quantitative estimate of drug-likeness (QED) is 0.733. The number of carbonyl (C=O) groups is 1. The van der Waals surface area contributed by atoms with Crippen molar-refractivity contribution in [2.75, 3.05) is 13.1 Å². The van der Waals surface area contributed by atoms with Gasteiger partial charge in [0.2, 0.25) is 0 Å². The second kappa shape index (κ2) is 4.87. The van der Waals surface area contributed by atoms with Gasteiger partial charge in [0.1, 0.15) is 5.78 Å². The number of nitrogens with zero attached hydrogens (tertiary/aromatic N) is 1. The van der Waals surface area contributed by atoms with E-state index in [1.54, 1.807) is 0 Å². The first kappa shape index (κ1) is 12.1. The molecule has 0 aromatic rings. The molecule has 0 radical (unpaired) electrons. The van der Waals surface area contributed by atoms with Crippen LogP contribution in [0.2, 0.25) is 0 Å². The molecule has 1 heterocycles. The lowest BCUT2D eigenvalue weighted by Gasteiger charge is -2.40. The third-order valence-electron chi connectivity index (χ3n) is 4.78. The van der Waals surface area contributed by atoms with Crippen LogP contribution in [0.5, 0.6) is 0 Å². The molecule has 2 heteroatoms. The van der Waals surface area contributed by atoms with Crippen LogP contribution in [0.25, 0.3) is 0 Å². The van der Waals surface area contributed by atoms with Crippen LogP contribution in [0.1, 0.15) is 58.8 Å². The Morgan fingerprint density at radius 3 is 2.62 bits per heavy atom. The third-order valence-corrected chi connectivity index (χ3v) is 4.78. The number of hydrogen-bond donors (Lipinski definition) is 0. The second-order valence-electron chi connectivity index (χ2n) is 5.87. The summed E-state index contributed by atoms with van der Waals surface area (Å²) in [5.74, 6) is 0.459. The zero-order valence-corrected chi connectivity index (χ0v) is 10.8. The molecule has 1 aliphatic heterocycles. The molecule has 2 rings (SSSR count). The molecular formula is C14H25NO. The van der Waals surface area contributed by atoms with Crippen LogP contribution in [-0.2, 0) is 4.79 Å². The van der Waals surface area contributed by atoms with E-state index in [1.807, 2.05) is 0 Å². The minimum absolute atomic E-state index is 0.459. The predicted octanol–water partition coefficient (Wildman–Crippen LogP) is 3.01. The van der Waals surface area contributed by atoms with Gasteiger partial charge in [0.25, 0.3) is 0 Å². The summed E-state index contributed by atoms with van der Waals surface area (Å²) in [5, 5.41) is 0. The molecule has 1 atom stereocenters. The fraction of sp³-hybridized carbons (Fsp3) is 0.929. The van der Waals surface area contributed by atoms with Gasteiger partial charge in [-0.25, -0.2) is 0 Å². The number of piperidine rings is 1. The van der Waals surface area contributed by atoms with Crippen molar-refractivity contribution in [2.45, 2.75) is 64.8 Å². The molecule has 2 aliphatic rings. The van der Waals surface area contributed by atoms with Gasteiger partial charge >= 0.3 is 0 Å². The highest BCUT2D eigenvalue weighted by Gasteiger charge is 2.36. The van der Waals surface area contributed by atoms with Gasteiger partial charge < -0.3 is 0 Å². The SMILES string of the molecule is CCC1(CN2CCC(=O)CC2C)CCCC1. The highest BCUT2D eigenvalue weighted by atomic mass is 16.1. The van der Waals surface area contributed by atoms with Crippen molar-refractivity contribution in [3.8, 4) is 0 Å². The summed E-state index contributed by atoms with van der Waals surface area (Å²) in [7, 11) is 0. The fourth-order valence-electron chi connectivity index (χ4n) is 3.46. The maximum Gasteiger partial charge on any atom is 0.135 e. The van der Waals surface area contributed by atoms with E-state index in [9.17, 15) is 4.79 Å². The van der Waals surface area contributed by atoms with E-state index in [2.05, 4.69) is 18.7 Å². The average molecular weight is 223 g/mol. The summed E-state index contributed by atoms with van der Waals surface area (Å²) in [6.45, 7) is 6.79. The van der Waals surface area contributed by atoms with Gasteiger partial charge in [-0.15, -0.1) is 0 Å². The van der Waals surface area contributed by atoms with Gasteiger partial charge in [0.05, 0.1) is 0 Å². The number of carbonyl (C=O) groups excluding carboxylic acids is 1. The summed E-state index contributed by atoms with van der Waals surface area (Å²) in [5.41, 5.74) is 0.578. The Bertz CT molecular complexity index is 255. The zero-order valence-electron chi connectivity index (χ0n) is 10.8. The monoisotopic (exact) mass is 223 g/mol. The Kier molecular flexibility index (Phi) is 3.68. The van der Waals surface area contributed by atoms with Crippen LogP contribution in [0.15, 0.2) is 0 Å². The molecule has 1 saturated carbocycles. The van der Waals surface area contributed by atoms with Gasteiger partial charge in [-0.1, -0.05) is 19.8 Å². The van der Waals surface area contributed by atoms with Crippen molar-refractivity contribution in [2.24, 2.45) is 5.41 Å². The van der Waals surface area contributed by atoms with Crippen molar-refractivity contribution in [3.63, 3.8) is 0 Å². The van der Waals surface area contributed by atoms with Crippen LogP contribution in [0, 0.1) is 5.41 Å². The van der Waals surface area contributed by atoms with Crippen LogP contribution in [0.3, 0.4) is 0 Å². The van der Waals surface area contributed by atoms with Crippen LogP contribution in [0.4, 0.5) is 0 Å². The Hall–Kier alpha value is -0.370. The number of likely N-dealkylation sites (tertiary alicyclic amines) is 1. The lowest BCUT2D eigenvalue weighted by atomic mass is 9.82. The lowest BCUT2D eigenvalue weighted by Crippen LogP contribution is -2.46. The van der Waals surface area contributed by atoms with Gasteiger partial charge in [0.15, 0.2) is 0 Å². The number of ketones is 1. The number of Topliss-reactive ketones (excluding diaryl/α,β-unsaturated/α-hetero) is 1. The first-order valence-corrected chi connectivity index (χ1v) is 6.91. The summed E-state index contributed by atoms with van der Waals surface area (Å²) in [6.07, 6.45) is 8.50. The summed E-state index contributed by atoms with van der Waals surface area (Å²) in [6, 6.07) is 0.477. The highest BCUT2D eigenvalue weighted by Crippen LogP contribution is 2.42. The van der Waals surface area contributed by atoms with Crippen LogP contribution >= 0.6 is 0 Å². The standard InChI is InChI=1S/C14H25NO/c1-3-14(7-4-5-8-14)11-15-9-6-13(16)10-12(15)2/h12H,3-11H2,1-2H3. The topological polar surface area (TPSA) is 20.3 Å². The summed E-state index contributed by atoms with van der Waals surface area (Å²) >= 11 is 0. The van der Waals surface area contributed by atoms with Crippen molar-refractivity contribution in [3.05, 3.63) is 0 Å².